The Balaban J connectivity index is 2.34. The number of para-hydroxylation sites is 2. The van der Waals surface area contributed by atoms with Gasteiger partial charge in [-0.05, 0) is 24.6 Å². The van der Waals surface area contributed by atoms with Gasteiger partial charge in [0.05, 0.1) is 12.0 Å². The standard InChI is InChI=1S/C14H14N2O3/c1-10-7-8-11(9-14(10)19-2)15-12-5-3-4-6-13(12)16(17)18/h3-9,15H,1-2H3. The highest BCUT2D eigenvalue weighted by atomic mass is 16.6. The number of anilines is 2. The minimum atomic E-state index is -0.409. The van der Waals surface area contributed by atoms with Crippen molar-refractivity contribution in [3.05, 3.63) is 58.1 Å². The molecule has 0 spiro atoms. The lowest BCUT2D eigenvalue weighted by molar-refractivity contribution is -0.383. The van der Waals surface area contributed by atoms with Crippen molar-refractivity contribution in [2.75, 3.05) is 12.4 Å². The summed E-state index contributed by atoms with van der Waals surface area (Å²) in [6, 6.07) is 12.1. The molecule has 0 aliphatic carbocycles. The van der Waals surface area contributed by atoms with Gasteiger partial charge in [0.25, 0.3) is 5.69 Å². The highest BCUT2D eigenvalue weighted by Crippen LogP contribution is 2.29. The summed E-state index contributed by atoms with van der Waals surface area (Å²) in [6.07, 6.45) is 0. The van der Waals surface area contributed by atoms with Crippen molar-refractivity contribution in [3.8, 4) is 5.75 Å². The van der Waals surface area contributed by atoms with Crippen molar-refractivity contribution in [1.82, 2.24) is 0 Å². The van der Waals surface area contributed by atoms with Gasteiger partial charge in [-0.1, -0.05) is 18.2 Å². The second-order valence-electron chi connectivity index (χ2n) is 4.08. The molecule has 0 unspecified atom stereocenters. The smallest absolute Gasteiger partial charge is 0.292 e. The summed E-state index contributed by atoms with van der Waals surface area (Å²) in [5.74, 6) is 0.739. The van der Waals surface area contributed by atoms with Crippen molar-refractivity contribution in [2.45, 2.75) is 6.92 Å². The molecular weight excluding hydrogens is 244 g/mol. The van der Waals surface area contributed by atoms with E-state index < -0.39 is 4.92 Å². The van der Waals surface area contributed by atoms with Crippen molar-refractivity contribution < 1.29 is 9.66 Å². The van der Waals surface area contributed by atoms with Gasteiger partial charge in [-0.15, -0.1) is 0 Å². The van der Waals surface area contributed by atoms with E-state index in [9.17, 15) is 10.1 Å². The van der Waals surface area contributed by atoms with Crippen LogP contribution < -0.4 is 10.1 Å². The van der Waals surface area contributed by atoms with E-state index in [1.165, 1.54) is 6.07 Å². The van der Waals surface area contributed by atoms with Crippen LogP contribution in [-0.2, 0) is 0 Å². The zero-order chi connectivity index (χ0) is 13.8. The molecule has 0 saturated heterocycles. The van der Waals surface area contributed by atoms with Crippen LogP contribution in [0.15, 0.2) is 42.5 Å². The van der Waals surface area contributed by atoms with Crippen molar-refractivity contribution in [1.29, 1.82) is 0 Å². The van der Waals surface area contributed by atoms with E-state index >= 15 is 0 Å². The van der Waals surface area contributed by atoms with Gasteiger partial charge in [0.15, 0.2) is 0 Å². The number of nitro groups is 1. The van der Waals surface area contributed by atoms with E-state index in [0.29, 0.717) is 5.69 Å². The van der Waals surface area contributed by atoms with Crippen molar-refractivity contribution in [3.63, 3.8) is 0 Å². The number of ether oxygens (including phenoxy) is 1. The number of aryl methyl sites for hydroxylation is 1. The van der Waals surface area contributed by atoms with E-state index in [2.05, 4.69) is 5.32 Å². The van der Waals surface area contributed by atoms with Crippen LogP contribution in [0, 0.1) is 17.0 Å². The van der Waals surface area contributed by atoms with Gasteiger partial charge in [-0.25, -0.2) is 0 Å². The second kappa shape index (κ2) is 5.39. The number of benzene rings is 2. The second-order valence-corrected chi connectivity index (χ2v) is 4.08. The lowest BCUT2D eigenvalue weighted by atomic mass is 10.2. The summed E-state index contributed by atoms with van der Waals surface area (Å²) in [6.45, 7) is 1.94. The van der Waals surface area contributed by atoms with Crippen LogP contribution in [0.3, 0.4) is 0 Å². The van der Waals surface area contributed by atoms with E-state index in [1.807, 2.05) is 25.1 Å². The lowest BCUT2D eigenvalue weighted by Crippen LogP contribution is -1.97. The van der Waals surface area contributed by atoms with Crippen molar-refractivity contribution >= 4 is 17.1 Å². The Morgan fingerprint density at radius 1 is 1.21 bits per heavy atom. The molecule has 0 heterocycles. The maximum Gasteiger partial charge on any atom is 0.292 e. The number of hydrogen-bond acceptors (Lipinski definition) is 4. The molecule has 0 bridgehead atoms. The minimum Gasteiger partial charge on any atom is -0.496 e. The van der Waals surface area contributed by atoms with E-state index in [0.717, 1.165) is 17.0 Å². The average Bonchev–Trinajstić information content (AvgIpc) is 2.41. The summed E-state index contributed by atoms with van der Waals surface area (Å²) in [5.41, 5.74) is 2.26. The molecule has 5 heteroatoms. The van der Waals surface area contributed by atoms with Crippen LogP contribution in [0.2, 0.25) is 0 Å². The maximum absolute atomic E-state index is 10.9. The highest BCUT2D eigenvalue weighted by Gasteiger charge is 2.12. The first-order valence-corrected chi connectivity index (χ1v) is 5.77. The fraction of sp³-hybridized carbons (Fsp3) is 0.143. The van der Waals surface area contributed by atoms with Crippen LogP contribution in [-0.4, -0.2) is 12.0 Å². The Labute approximate surface area is 111 Å². The molecule has 2 aromatic rings. The molecule has 0 radical (unpaired) electrons. The van der Waals surface area contributed by atoms with Gasteiger partial charge in [-0.3, -0.25) is 10.1 Å². The zero-order valence-corrected chi connectivity index (χ0v) is 10.7. The summed E-state index contributed by atoms with van der Waals surface area (Å²) in [4.78, 5) is 10.5. The van der Waals surface area contributed by atoms with E-state index in [4.69, 9.17) is 4.74 Å². The first-order valence-electron chi connectivity index (χ1n) is 5.77. The number of hydrogen-bond donors (Lipinski definition) is 1. The zero-order valence-electron chi connectivity index (χ0n) is 10.7. The molecule has 1 N–H and O–H groups in total. The average molecular weight is 258 g/mol. The van der Waals surface area contributed by atoms with Crippen LogP contribution >= 0.6 is 0 Å². The number of nitro benzene ring substituents is 1. The molecule has 2 aromatic carbocycles. The first-order chi connectivity index (χ1) is 9.11. The van der Waals surface area contributed by atoms with Crippen LogP contribution in [0.5, 0.6) is 5.75 Å². The predicted molar refractivity (Wildman–Crippen MR) is 74.1 cm³/mol. The third kappa shape index (κ3) is 2.82. The van der Waals surface area contributed by atoms with Crippen LogP contribution in [0.25, 0.3) is 0 Å². The summed E-state index contributed by atoms with van der Waals surface area (Å²) in [5, 5.41) is 14.0. The van der Waals surface area contributed by atoms with E-state index in [1.54, 1.807) is 25.3 Å². The van der Waals surface area contributed by atoms with Gasteiger partial charge in [-0.2, -0.15) is 0 Å². The quantitative estimate of drug-likeness (QED) is 0.671. The Bertz CT molecular complexity index is 611. The molecule has 2 rings (SSSR count). The van der Waals surface area contributed by atoms with Gasteiger partial charge >= 0.3 is 0 Å². The van der Waals surface area contributed by atoms with Crippen molar-refractivity contribution in [2.24, 2.45) is 0 Å². The number of nitrogens with zero attached hydrogens (tertiary/aromatic N) is 1. The van der Waals surface area contributed by atoms with Crippen LogP contribution in [0.1, 0.15) is 5.56 Å². The molecule has 0 aliphatic rings. The Kier molecular flexibility index (Phi) is 3.66. The molecule has 19 heavy (non-hydrogen) atoms. The SMILES string of the molecule is COc1cc(Nc2ccccc2[N+](=O)[O-])ccc1C. The third-order valence-corrected chi connectivity index (χ3v) is 2.79. The lowest BCUT2D eigenvalue weighted by Gasteiger charge is -2.10. The van der Waals surface area contributed by atoms with Gasteiger partial charge in [0.1, 0.15) is 11.4 Å². The molecule has 0 amide bonds. The molecule has 0 atom stereocenters. The fourth-order valence-corrected chi connectivity index (χ4v) is 1.79. The number of rotatable bonds is 4. The maximum atomic E-state index is 10.9. The van der Waals surface area contributed by atoms with Gasteiger partial charge < -0.3 is 10.1 Å². The molecule has 0 aromatic heterocycles. The summed E-state index contributed by atoms with van der Waals surface area (Å²) in [7, 11) is 1.59. The topological polar surface area (TPSA) is 64.4 Å². The summed E-state index contributed by atoms with van der Waals surface area (Å²) < 4.78 is 5.23. The largest absolute Gasteiger partial charge is 0.496 e. The van der Waals surface area contributed by atoms with Crippen LogP contribution in [0.4, 0.5) is 17.1 Å². The molecular formula is C14H14N2O3. The first kappa shape index (κ1) is 12.9. The molecule has 0 aliphatic heterocycles. The van der Waals surface area contributed by atoms with Gasteiger partial charge in [0, 0.05) is 17.8 Å². The third-order valence-electron chi connectivity index (χ3n) is 2.79. The normalized spacial score (nSPS) is 10.0. The highest BCUT2D eigenvalue weighted by molar-refractivity contribution is 5.70. The predicted octanol–water partition coefficient (Wildman–Crippen LogP) is 3.66. The Morgan fingerprint density at radius 3 is 2.63 bits per heavy atom. The minimum absolute atomic E-state index is 0.0436. The monoisotopic (exact) mass is 258 g/mol. The molecule has 0 saturated carbocycles. The molecule has 5 nitrogen and oxygen atoms in total. The Hall–Kier alpha value is -2.56. The number of nitrogens with one attached hydrogen (secondary N) is 1. The Morgan fingerprint density at radius 2 is 1.95 bits per heavy atom. The fourth-order valence-electron chi connectivity index (χ4n) is 1.79. The molecule has 98 valence electrons. The van der Waals surface area contributed by atoms with E-state index in [-0.39, 0.29) is 5.69 Å². The van der Waals surface area contributed by atoms with Gasteiger partial charge in [0.2, 0.25) is 0 Å². The number of methoxy groups -OCH3 is 1. The molecule has 0 fully saturated rings. The summed E-state index contributed by atoms with van der Waals surface area (Å²) >= 11 is 0.